The lowest BCUT2D eigenvalue weighted by Crippen LogP contribution is -2.46. The second kappa shape index (κ2) is 4.81. The van der Waals surface area contributed by atoms with Crippen molar-refractivity contribution in [2.45, 2.75) is 18.8 Å². The molecule has 0 bridgehead atoms. The molecule has 0 unspecified atom stereocenters. The van der Waals surface area contributed by atoms with E-state index < -0.39 is 5.82 Å². The van der Waals surface area contributed by atoms with Crippen LogP contribution in [0.5, 0.6) is 0 Å². The number of urea groups is 1. The zero-order chi connectivity index (χ0) is 13.3. The van der Waals surface area contributed by atoms with Gasteiger partial charge in [0, 0.05) is 14.1 Å². The number of carbonyl (C=O) groups excluding carboxylic acids is 1. The predicted octanol–water partition coefficient (Wildman–Crippen LogP) is 1.57. The minimum Gasteiger partial charge on any atom is -0.396 e. The lowest BCUT2D eigenvalue weighted by Gasteiger charge is -2.24. The monoisotopic (exact) mass is 252 g/mol. The fourth-order valence-corrected chi connectivity index (χ4v) is 1.95. The molecule has 1 aliphatic rings. The zero-order valence-corrected chi connectivity index (χ0v) is 10.5. The van der Waals surface area contributed by atoms with Gasteiger partial charge in [-0.2, -0.15) is 0 Å². The normalized spacial score (nSPS) is 14.4. The van der Waals surface area contributed by atoms with Crippen LogP contribution >= 0.6 is 0 Å². The van der Waals surface area contributed by atoms with Gasteiger partial charge in [-0.15, -0.1) is 0 Å². The first-order chi connectivity index (χ1) is 8.58. The van der Waals surface area contributed by atoms with Crippen molar-refractivity contribution in [3.63, 3.8) is 0 Å². The number of benzene rings is 1. The average molecular weight is 252 g/mol. The molecule has 4 N–H and O–H groups in total. The van der Waals surface area contributed by atoms with E-state index in [4.69, 9.17) is 5.73 Å². The summed E-state index contributed by atoms with van der Waals surface area (Å²) in [6.07, 6.45) is 2.03. The smallest absolute Gasteiger partial charge is 0.336 e. The lowest BCUT2D eigenvalue weighted by molar-refractivity contribution is 0.246. The van der Waals surface area contributed by atoms with E-state index in [1.165, 1.54) is 24.2 Å². The van der Waals surface area contributed by atoms with Crippen molar-refractivity contribution < 1.29 is 9.18 Å². The van der Waals surface area contributed by atoms with E-state index in [1.807, 2.05) is 0 Å². The summed E-state index contributed by atoms with van der Waals surface area (Å²) in [5.74, 6) is -0.121. The molecule has 0 aliphatic heterocycles. The van der Waals surface area contributed by atoms with E-state index in [2.05, 4.69) is 10.7 Å². The Hall–Kier alpha value is -1.82. The molecule has 98 valence electrons. The minimum absolute atomic E-state index is 0.0403. The number of nitrogen functional groups attached to an aromatic ring is 1. The Kier molecular flexibility index (Phi) is 3.38. The molecule has 1 aromatic rings. The van der Waals surface area contributed by atoms with E-state index in [9.17, 15) is 9.18 Å². The van der Waals surface area contributed by atoms with E-state index in [-0.39, 0.29) is 11.7 Å². The number of carbonyl (C=O) groups is 1. The van der Waals surface area contributed by atoms with Crippen LogP contribution in [0.2, 0.25) is 0 Å². The van der Waals surface area contributed by atoms with Crippen molar-refractivity contribution >= 4 is 17.4 Å². The molecule has 18 heavy (non-hydrogen) atoms. The molecule has 0 radical (unpaired) electrons. The molecule has 5 nitrogen and oxygen atoms in total. The van der Waals surface area contributed by atoms with Gasteiger partial charge in [-0.3, -0.25) is 0 Å². The van der Waals surface area contributed by atoms with E-state index in [0.717, 1.165) is 18.4 Å². The zero-order valence-electron chi connectivity index (χ0n) is 10.5. The summed E-state index contributed by atoms with van der Waals surface area (Å²) >= 11 is 0. The van der Waals surface area contributed by atoms with E-state index in [0.29, 0.717) is 11.6 Å². The quantitative estimate of drug-likeness (QED) is 0.565. The highest BCUT2D eigenvalue weighted by Crippen LogP contribution is 2.45. The van der Waals surface area contributed by atoms with Gasteiger partial charge in [0.2, 0.25) is 0 Å². The Labute approximate surface area is 105 Å². The molecule has 1 aromatic carbocycles. The summed E-state index contributed by atoms with van der Waals surface area (Å²) < 4.78 is 13.5. The molecule has 2 amide bonds. The Morgan fingerprint density at radius 2 is 2.11 bits per heavy atom. The van der Waals surface area contributed by atoms with Gasteiger partial charge in [-0.25, -0.2) is 19.6 Å². The Balaban J connectivity index is 2.46. The third-order valence-corrected chi connectivity index (χ3v) is 3.04. The standard InChI is InChI=1S/C12H17FN4O/c1-15-12(18)17(16-2)11-6-10(14)9(13)5-8(11)7-3-4-7/h5-7,16H,3-4,14H2,1-2H3,(H,15,18). The third kappa shape index (κ3) is 2.24. The number of hydrogen-bond acceptors (Lipinski definition) is 3. The number of halogens is 1. The van der Waals surface area contributed by atoms with Crippen molar-refractivity contribution in [3.8, 4) is 0 Å². The van der Waals surface area contributed by atoms with Crippen LogP contribution in [-0.4, -0.2) is 20.1 Å². The molecule has 6 heteroatoms. The van der Waals surface area contributed by atoms with Crippen molar-refractivity contribution in [1.82, 2.24) is 10.7 Å². The maximum absolute atomic E-state index is 13.5. The van der Waals surface area contributed by atoms with Crippen molar-refractivity contribution in [2.24, 2.45) is 0 Å². The molecule has 1 fully saturated rings. The molecule has 0 spiro atoms. The highest BCUT2D eigenvalue weighted by molar-refractivity contribution is 5.92. The molecule has 2 rings (SSSR count). The lowest BCUT2D eigenvalue weighted by atomic mass is 10.1. The molecule has 0 heterocycles. The van der Waals surface area contributed by atoms with Gasteiger partial charge in [-0.05, 0) is 36.5 Å². The van der Waals surface area contributed by atoms with Crippen molar-refractivity contribution in [3.05, 3.63) is 23.5 Å². The van der Waals surface area contributed by atoms with Crippen molar-refractivity contribution in [2.75, 3.05) is 24.8 Å². The van der Waals surface area contributed by atoms with Gasteiger partial charge in [0.1, 0.15) is 5.82 Å². The molecule has 0 aromatic heterocycles. The van der Waals surface area contributed by atoms with Gasteiger partial charge in [0.05, 0.1) is 11.4 Å². The first-order valence-corrected chi connectivity index (χ1v) is 5.86. The Bertz CT molecular complexity index is 473. The van der Waals surface area contributed by atoms with E-state index >= 15 is 0 Å². The van der Waals surface area contributed by atoms with Gasteiger partial charge >= 0.3 is 6.03 Å². The first-order valence-electron chi connectivity index (χ1n) is 5.86. The Morgan fingerprint density at radius 1 is 1.44 bits per heavy atom. The molecular formula is C12H17FN4O. The van der Waals surface area contributed by atoms with Gasteiger partial charge in [0.15, 0.2) is 0 Å². The van der Waals surface area contributed by atoms with Crippen LogP contribution in [0.15, 0.2) is 12.1 Å². The topological polar surface area (TPSA) is 70.4 Å². The number of nitrogens with zero attached hydrogens (tertiary/aromatic N) is 1. The highest BCUT2D eigenvalue weighted by Gasteiger charge is 2.30. The second-order valence-corrected chi connectivity index (χ2v) is 4.32. The highest BCUT2D eigenvalue weighted by atomic mass is 19.1. The number of anilines is 2. The van der Waals surface area contributed by atoms with Crippen LogP contribution < -0.4 is 21.5 Å². The fraction of sp³-hybridized carbons (Fsp3) is 0.417. The summed E-state index contributed by atoms with van der Waals surface area (Å²) in [5.41, 5.74) is 9.83. The average Bonchev–Trinajstić information content (AvgIpc) is 3.18. The maximum atomic E-state index is 13.5. The SMILES string of the molecule is CNC(=O)N(NC)c1cc(N)c(F)cc1C1CC1. The third-order valence-electron chi connectivity index (χ3n) is 3.04. The molecule has 1 aliphatic carbocycles. The number of hydrogen-bond donors (Lipinski definition) is 3. The summed E-state index contributed by atoms with van der Waals surface area (Å²) in [4.78, 5) is 11.8. The number of nitrogens with one attached hydrogen (secondary N) is 2. The van der Waals surface area contributed by atoms with Crippen LogP contribution in [-0.2, 0) is 0 Å². The fourth-order valence-electron chi connectivity index (χ4n) is 1.95. The van der Waals surface area contributed by atoms with Crippen LogP contribution in [0.25, 0.3) is 0 Å². The van der Waals surface area contributed by atoms with Crippen LogP contribution in [0.1, 0.15) is 24.3 Å². The first kappa shape index (κ1) is 12.6. The van der Waals surface area contributed by atoms with Crippen LogP contribution in [0.3, 0.4) is 0 Å². The van der Waals surface area contributed by atoms with Gasteiger partial charge in [-0.1, -0.05) is 0 Å². The summed E-state index contributed by atoms with van der Waals surface area (Å²) in [5, 5.41) is 3.86. The predicted molar refractivity (Wildman–Crippen MR) is 68.8 cm³/mol. The molecule has 0 atom stereocenters. The van der Waals surface area contributed by atoms with Crippen LogP contribution in [0, 0.1) is 5.82 Å². The minimum atomic E-state index is -0.436. The van der Waals surface area contributed by atoms with Crippen molar-refractivity contribution in [1.29, 1.82) is 0 Å². The van der Waals surface area contributed by atoms with Gasteiger partial charge < -0.3 is 11.1 Å². The Morgan fingerprint density at radius 3 is 2.61 bits per heavy atom. The molecule has 1 saturated carbocycles. The van der Waals surface area contributed by atoms with Gasteiger partial charge in [0.25, 0.3) is 0 Å². The summed E-state index contributed by atoms with van der Waals surface area (Å²) in [7, 11) is 3.17. The second-order valence-electron chi connectivity index (χ2n) is 4.32. The summed E-state index contributed by atoms with van der Waals surface area (Å²) in [6, 6.07) is 2.61. The molecular weight excluding hydrogens is 235 g/mol. The molecule has 0 saturated heterocycles. The summed E-state index contributed by atoms with van der Waals surface area (Å²) in [6.45, 7) is 0. The number of rotatable bonds is 3. The largest absolute Gasteiger partial charge is 0.396 e. The maximum Gasteiger partial charge on any atom is 0.336 e. The number of nitrogens with two attached hydrogens (primary N) is 1. The number of amides is 2. The number of hydrazine groups is 1. The van der Waals surface area contributed by atoms with E-state index in [1.54, 1.807) is 7.05 Å². The van der Waals surface area contributed by atoms with Crippen LogP contribution in [0.4, 0.5) is 20.6 Å².